The number of nitrogens with zero attached hydrogens (tertiary/aromatic N) is 2. The Kier molecular flexibility index (Phi) is 6.01. The molecule has 0 bridgehead atoms. The molecule has 7 nitrogen and oxygen atoms in total. The number of fused-ring (bicyclic) bond motifs is 1. The van der Waals surface area contributed by atoms with Gasteiger partial charge in [-0.05, 0) is 56.7 Å². The zero-order valence-corrected chi connectivity index (χ0v) is 18.7. The molecule has 0 aliphatic carbocycles. The van der Waals surface area contributed by atoms with Gasteiger partial charge in [0, 0.05) is 22.2 Å². The molecule has 0 radical (unpaired) electrons. The van der Waals surface area contributed by atoms with E-state index in [9.17, 15) is 9.59 Å². The first-order chi connectivity index (χ1) is 15.9. The third-order valence-corrected chi connectivity index (χ3v) is 5.53. The van der Waals surface area contributed by atoms with E-state index in [1.165, 1.54) is 0 Å². The van der Waals surface area contributed by atoms with Crippen LogP contribution in [0.1, 0.15) is 28.2 Å². The second kappa shape index (κ2) is 9.05. The van der Waals surface area contributed by atoms with Crippen molar-refractivity contribution in [2.75, 3.05) is 11.9 Å². The molecule has 2 heterocycles. The molecular weight excluding hydrogens is 416 g/mol. The van der Waals surface area contributed by atoms with Crippen LogP contribution in [0.3, 0.4) is 0 Å². The molecule has 33 heavy (non-hydrogen) atoms. The fourth-order valence-corrected chi connectivity index (χ4v) is 3.86. The highest BCUT2D eigenvalue weighted by atomic mass is 16.5. The highest BCUT2D eigenvalue weighted by Gasteiger charge is 2.18. The van der Waals surface area contributed by atoms with Crippen LogP contribution >= 0.6 is 0 Å². The SMILES string of the molecule is C#Cc1ccc2[nH]c(C)c(CC(=O)OCC(=O)Nc3c(C)nn(-c4ccccc4)c3C)c2c1. The lowest BCUT2D eigenvalue weighted by Crippen LogP contribution is -2.22. The molecule has 0 aliphatic heterocycles. The molecule has 0 unspecified atom stereocenters. The topological polar surface area (TPSA) is 89.0 Å². The number of rotatable bonds is 6. The normalized spacial score (nSPS) is 10.7. The quantitative estimate of drug-likeness (QED) is 0.351. The Morgan fingerprint density at radius 3 is 2.64 bits per heavy atom. The van der Waals surface area contributed by atoms with Crippen LogP contribution in [0.5, 0.6) is 0 Å². The summed E-state index contributed by atoms with van der Waals surface area (Å²) in [5.74, 6) is 1.69. The maximum atomic E-state index is 12.5. The van der Waals surface area contributed by atoms with Gasteiger partial charge < -0.3 is 15.0 Å². The van der Waals surface area contributed by atoms with Crippen molar-refractivity contribution < 1.29 is 14.3 Å². The third-order valence-electron chi connectivity index (χ3n) is 5.53. The molecule has 0 aliphatic rings. The number of ether oxygens (including phenoxy) is 1. The molecule has 0 atom stereocenters. The fourth-order valence-electron chi connectivity index (χ4n) is 3.86. The van der Waals surface area contributed by atoms with Gasteiger partial charge in [0.15, 0.2) is 6.61 Å². The summed E-state index contributed by atoms with van der Waals surface area (Å²) in [4.78, 5) is 28.2. The van der Waals surface area contributed by atoms with Crippen LogP contribution in [0.4, 0.5) is 5.69 Å². The molecule has 7 heteroatoms. The largest absolute Gasteiger partial charge is 0.455 e. The summed E-state index contributed by atoms with van der Waals surface area (Å²) in [6.07, 6.45) is 5.54. The Morgan fingerprint density at radius 1 is 1.15 bits per heavy atom. The number of aryl methyl sites for hydroxylation is 2. The standard InChI is InChI=1S/C26H24N4O3/c1-5-19-11-12-23-22(13-19)21(16(2)27-23)14-25(32)33-15-24(31)28-26-17(3)29-30(18(26)4)20-9-7-6-8-10-20/h1,6-13,27H,14-15H2,2-4H3,(H,28,31). The summed E-state index contributed by atoms with van der Waals surface area (Å²) in [7, 11) is 0. The number of aromatic amines is 1. The smallest absolute Gasteiger partial charge is 0.310 e. The number of H-pyrrole nitrogens is 1. The maximum Gasteiger partial charge on any atom is 0.310 e. The van der Waals surface area contributed by atoms with Crippen LogP contribution in [0.25, 0.3) is 16.6 Å². The van der Waals surface area contributed by atoms with Gasteiger partial charge in [0.1, 0.15) is 0 Å². The number of aromatic nitrogens is 3. The van der Waals surface area contributed by atoms with E-state index in [2.05, 4.69) is 21.3 Å². The van der Waals surface area contributed by atoms with E-state index in [4.69, 9.17) is 11.2 Å². The summed E-state index contributed by atoms with van der Waals surface area (Å²) < 4.78 is 7.01. The highest BCUT2D eigenvalue weighted by molar-refractivity contribution is 5.94. The predicted octanol–water partition coefficient (Wildman–Crippen LogP) is 3.98. The lowest BCUT2D eigenvalue weighted by molar-refractivity contribution is -0.146. The van der Waals surface area contributed by atoms with Crippen molar-refractivity contribution in [2.45, 2.75) is 27.2 Å². The molecule has 0 saturated carbocycles. The van der Waals surface area contributed by atoms with Crippen molar-refractivity contribution in [3.63, 3.8) is 0 Å². The Hall–Kier alpha value is -4.31. The Labute approximate surface area is 191 Å². The van der Waals surface area contributed by atoms with Crippen LogP contribution in [-0.2, 0) is 20.7 Å². The molecule has 4 rings (SSSR count). The average molecular weight is 441 g/mol. The van der Waals surface area contributed by atoms with Gasteiger partial charge in [0.25, 0.3) is 5.91 Å². The molecule has 2 N–H and O–H groups in total. The van der Waals surface area contributed by atoms with Crippen molar-refractivity contribution in [3.05, 3.63) is 76.7 Å². The van der Waals surface area contributed by atoms with Crippen molar-refractivity contribution in [1.82, 2.24) is 14.8 Å². The molecule has 0 saturated heterocycles. The van der Waals surface area contributed by atoms with Gasteiger partial charge in [0.2, 0.25) is 0 Å². The molecule has 0 fully saturated rings. The molecule has 166 valence electrons. The van der Waals surface area contributed by atoms with Crippen LogP contribution in [0, 0.1) is 33.1 Å². The fraction of sp³-hybridized carbons (Fsp3) is 0.192. The second-order valence-corrected chi connectivity index (χ2v) is 7.81. The number of carbonyl (C=O) groups excluding carboxylic acids is 2. The summed E-state index contributed by atoms with van der Waals surface area (Å²) in [6, 6.07) is 15.2. The van der Waals surface area contributed by atoms with Crippen molar-refractivity contribution in [1.29, 1.82) is 0 Å². The number of esters is 1. The first kappa shape index (κ1) is 21.9. The number of hydrogen-bond donors (Lipinski definition) is 2. The summed E-state index contributed by atoms with van der Waals surface area (Å²) in [6.45, 7) is 5.20. The van der Waals surface area contributed by atoms with E-state index >= 15 is 0 Å². The number of benzene rings is 2. The molecule has 0 spiro atoms. The Morgan fingerprint density at radius 2 is 1.91 bits per heavy atom. The van der Waals surface area contributed by atoms with Crippen LogP contribution in [-0.4, -0.2) is 33.2 Å². The summed E-state index contributed by atoms with van der Waals surface area (Å²) in [5, 5.41) is 8.20. The minimum absolute atomic E-state index is 0.0388. The minimum Gasteiger partial charge on any atom is -0.455 e. The molecular formula is C26H24N4O3. The number of nitrogens with one attached hydrogen (secondary N) is 2. The van der Waals surface area contributed by atoms with Crippen LogP contribution in [0.2, 0.25) is 0 Å². The van der Waals surface area contributed by atoms with E-state index in [1.54, 1.807) is 4.68 Å². The van der Waals surface area contributed by atoms with Gasteiger partial charge >= 0.3 is 5.97 Å². The number of hydrogen-bond acceptors (Lipinski definition) is 4. The van der Waals surface area contributed by atoms with Gasteiger partial charge in [-0.25, -0.2) is 4.68 Å². The van der Waals surface area contributed by atoms with Crippen LogP contribution < -0.4 is 5.32 Å². The molecule has 1 amide bonds. The number of terminal acetylenes is 1. The average Bonchev–Trinajstić information content (AvgIpc) is 3.28. The summed E-state index contributed by atoms with van der Waals surface area (Å²) in [5.41, 5.74) is 6.27. The van der Waals surface area contributed by atoms with Crippen LogP contribution in [0.15, 0.2) is 48.5 Å². The second-order valence-electron chi connectivity index (χ2n) is 7.81. The van der Waals surface area contributed by atoms with E-state index in [1.807, 2.05) is 69.3 Å². The third kappa shape index (κ3) is 4.51. The zero-order chi connectivity index (χ0) is 23.5. The van der Waals surface area contributed by atoms with Gasteiger partial charge in [-0.1, -0.05) is 24.1 Å². The van der Waals surface area contributed by atoms with Gasteiger partial charge in [-0.15, -0.1) is 6.42 Å². The summed E-state index contributed by atoms with van der Waals surface area (Å²) >= 11 is 0. The lowest BCUT2D eigenvalue weighted by atomic mass is 10.1. The first-order valence-electron chi connectivity index (χ1n) is 10.5. The first-order valence-corrected chi connectivity index (χ1v) is 10.5. The zero-order valence-electron chi connectivity index (χ0n) is 18.7. The number of anilines is 1. The lowest BCUT2D eigenvalue weighted by Gasteiger charge is -2.08. The van der Waals surface area contributed by atoms with Gasteiger partial charge in [-0.3, -0.25) is 9.59 Å². The number of para-hydroxylation sites is 1. The van der Waals surface area contributed by atoms with E-state index in [0.717, 1.165) is 39.1 Å². The molecule has 2 aromatic carbocycles. The highest BCUT2D eigenvalue weighted by Crippen LogP contribution is 2.25. The Bertz CT molecular complexity index is 1390. The number of carbonyl (C=O) groups is 2. The van der Waals surface area contributed by atoms with Crippen molar-refractivity contribution in [2.24, 2.45) is 0 Å². The minimum atomic E-state index is -0.492. The maximum absolute atomic E-state index is 12.5. The molecule has 4 aromatic rings. The van der Waals surface area contributed by atoms with E-state index in [0.29, 0.717) is 11.4 Å². The van der Waals surface area contributed by atoms with Gasteiger partial charge in [-0.2, -0.15) is 5.10 Å². The van der Waals surface area contributed by atoms with E-state index < -0.39 is 11.9 Å². The Balaban J connectivity index is 1.41. The number of amides is 1. The molecule has 2 aromatic heterocycles. The van der Waals surface area contributed by atoms with Gasteiger partial charge in [0.05, 0.1) is 29.2 Å². The van der Waals surface area contributed by atoms with E-state index in [-0.39, 0.29) is 13.0 Å². The predicted molar refractivity (Wildman–Crippen MR) is 127 cm³/mol. The monoisotopic (exact) mass is 440 g/mol. The van der Waals surface area contributed by atoms with Crippen molar-refractivity contribution in [3.8, 4) is 18.0 Å². The van der Waals surface area contributed by atoms with Crippen molar-refractivity contribution >= 4 is 28.5 Å².